The average molecular weight is 702 g/mol. The fraction of sp³-hybridized carbons (Fsp3) is 0. The summed E-state index contributed by atoms with van der Waals surface area (Å²) in [4.78, 5) is 2.37. The lowest BCUT2D eigenvalue weighted by molar-refractivity contribution is 1.28. The maximum Gasteiger partial charge on any atom is 0.0468 e. The maximum absolute atomic E-state index is 2.37. The third kappa shape index (κ3) is 7.25. The molecule has 0 atom stereocenters. The molecule has 0 unspecified atom stereocenters. The van der Waals surface area contributed by atoms with Gasteiger partial charge < -0.3 is 4.90 Å². The minimum atomic E-state index is 1.09. The van der Waals surface area contributed by atoms with E-state index in [4.69, 9.17) is 0 Å². The van der Waals surface area contributed by atoms with Crippen LogP contribution >= 0.6 is 0 Å². The van der Waals surface area contributed by atoms with E-state index in [0.29, 0.717) is 0 Å². The highest BCUT2D eigenvalue weighted by Gasteiger charge is 2.17. The molecule has 0 amide bonds. The van der Waals surface area contributed by atoms with Crippen LogP contribution in [-0.2, 0) is 0 Å². The summed E-state index contributed by atoms with van der Waals surface area (Å²) in [6, 6.07) is 85.0. The van der Waals surface area contributed by atoms with Crippen LogP contribution in [0, 0.1) is 0 Å². The van der Waals surface area contributed by atoms with E-state index in [1.807, 2.05) is 0 Å². The first-order valence-electron chi connectivity index (χ1n) is 18.8. The Labute approximate surface area is 324 Å². The molecule has 0 N–H and O–H groups in total. The van der Waals surface area contributed by atoms with Gasteiger partial charge in [-0.25, -0.2) is 0 Å². The van der Waals surface area contributed by atoms with E-state index in [9.17, 15) is 0 Å². The van der Waals surface area contributed by atoms with E-state index in [0.717, 1.165) is 17.1 Å². The topological polar surface area (TPSA) is 3.24 Å². The quantitative estimate of drug-likeness (QED) is 0.145. The highest BCUT2D eigenvalue weighted by molar-refractivity contribution is 5.90. The number of anilines is 3. The molecule has 0 fully saturated rings. The summed E-state index contributed by atoms with van der Waals surface area (Å²) in [5.41, 5.74) is 17.6. The zero-order valence-corrected chi connectivity index (χ0v) is 30.5. The van der Waals surface area contributed by atoms with Crippen molar-refractivity contribution in [2.75, 3.05) is 4.90 Å². The first-order valence-corrected chi connectivity index (χ1v) is 18.8. The van der Waals surface area contributed by atoms with Crippen LogP contribution in [0.15, 0.2) is 237 Å². The molecule has 0 saturated heterocycles. The summed E-state index contributed by atoms with van der Waals surface area (Å²) in [5, 5.41) is 0. The van der Waals surface area contributed by atoms with Crippen LogP contribution in [0.4, 0.5) is 17.1 Å². The fourth-order valence-corrected chi connectivity index (χ4v) is 7.42. The minimum Gasteiger partial charge on any atom is -0.310 e. The standard InChI is InChI=1S/C54H39N/c1-5-13-40(14-6-1)44-21-25-48(26-22-44)53-38-37-52(39-54(53)49-27-23-45(24-28-49)41-15-7-2-8-16-41)55(50-33-29-46(30-34-50)42-17-9-3-10-18-42)51-35-31-47(32-36-51)43-19-11-4-12-20-43/h1-39H. The van der Waals surface area contributed by atoms with Crippen molar-refractivity contribution in [1.29, 1.82) is 0 Å². The predicted molar refractivity (Wildman–Crippen MR) is 234 cm³/mol. The van der Waals surface area contributed by atoms with Gasteiger partial charge in [-0.3, -0.25) is 0 Å². The molecule has 0 aliphatic heterocycles. The Morgan fingerprint density at radius 3 is 0.782 bits per heavy atom. The molecule has 0 saturated carbocycles. The lowest BCUT2D eigenvalue weighted by Crippen LogP contribution is -2.10. The monoisotopic (exact) mass is 701 g/mol. The molecule has 9 aromatic carbocycles. The van der Waals surface area contributed by atoms with Gasteiger partial charge in [-0.2, -0.15) is 0 Å². The van der Waals surface area contributed by atoms with E-state index in [-0.39, 0.29) is 0 Å². The van der Waals surface area contributed by atoms with Crippen molar-refractivity contribution >= 4 is 17.1 Å². The summed E-state index contributed by atoms with van der Waals surface area (Å²) >= 11 is 0. The molecule has 55 heavy (non-hydrogen) atoms. The van der Waals surface area contributed by atoms with E-state index >= 15 is 0 Å². The largest absolute Gasteiger partial charge is 0.310 e. The van der Waals surface area contributed by atoms with Crippen LogP contribution in [0.25, 0.3) is 66.8 Å². The maximum atomic E-state index is 2.37. The Morgan fingerprint density at radius 2 is 0.436 bits per heavy atom. The van der Waals surface area contributed by atoms with E-state index in [1.54, 1.807) is 0 Å². The zero-order chi connectivity index (χ0) is 36.8. The summed E-state index contributed by atoms with van der Waals surface area (Å²) in [6.45, 7) is 0. The smallest absolute Gasteiger partial charge is 0.0468 e. The van der Waals surface area contributed by atoms with Gasteiger partial charge in [0, 0.05) is 17.1 Å². The van der Waals surface area contributed by atoms with Crippen molar-refractivity contribution in [3.05, 3.63) is 237 Å². The molecule has 0 bridgehead atoms. The fourth-order valence-electron chi connectivity index (χ4n) is 7.42. The molecule has 260 valence electrons. The number of rotatable bonds is 9. The van der Waals surface area contributed by atoms with Crippen LogP contribution in [0.1, 0.15) is 0 Å². The normalized spacial score (nSPS) is 10.9. The lowest BCUT2D eigenvalue weighted by atomic mass is 9.91. The summed E-state index contributed by atoms with van der Waals surface area (Å²) < 4.78 is 0. The molecule has 0 aliphatic carbocycles. The summed E-state index contributed by atoms with van der Waals surface area (Å²) in [5.74, 6) is 0. The average Bonchev–Trinajstić information content (AvgIpc) is 3.28. The molecule has 0 spiro atoms. The van der Waals surface area contributed by atoms with Gasteiger partial charge in [0.1, 0.15) is 0 Å². The molecule has 1 nitrogen and oxygen atoms in total. The first-order chi connectivity index (χ1) is 27.3. The number of nitrogens with zero attached hydrogens (tertiary/aromatic N) is 1. The van der Waals surface area contributed by atoms with Gasteiger partial charge in [-0.1, -0.05) is 200 Å². The van der Waals surface area contributed by atoms with Gasteiger partial charge >= 0.3 is 0 Å². The summed E-state index contributed by atoms with van der Waals surface area (Å²) in [7, 11) is 0. The molecule has 1 heteroatoms. The first kappa shape index (κ1) is 33.6. The van der Waals surface area contributed by atoms with Gasteiger partial charge in [0.15, 0.2) is 0 Å². The lowest BCUT2D eigenvalue weighted by Gasteiger charge is -2.27. The Kier molecular flexibility index (Phi) is 9.41. The molecule has 0 heterocycles. The Hall–Kier alpha value is -7.22. The molecular formula is C54H39N. The highest BCUT2D eigenvalue weighted by Crippen LogP contribution is 2.42. The van der Waals surface area contributed by atoms with Crippen molar-refractivity contribution < 1.29 is 0 Å². The van der Waals surface area contributed by atoms with Crippen LogP contribution in [-0.4, -0.2) is 0 Å². The third-order valence-electron chi connectivity index (χ3n) is 10.3. The van der Waals surface area contributed by atoms with Gasteiger partial charge in [0.05, 0.1) is 0 Å². The zero-order valence-electron chi connectivity index (χ0n) is 30.5. The minimum absolute atomic E-state index is 1.09. The van der Waals surface area contributed by atoms with E-state index in [1.165, 1.54) is 66.8 Å². The molecule has 0 radical (unpaired) electrons. The molecule has 0 aromatic heterocycles. The Balaban J connectivity index is 1.17. The summed E-state index contributed by atoms with van der Waals surface area (Å²) in [6.07, 6.45) is 0. The van der Waals surface area contributed by atoms with Crippen LogP contribution in [0.3, 0.4) is 0 Å². The van der Waals surface area contributed by atoms with Crippen molar-refractivity contribution in [1.82, 2.24) is 0 Å². The van der Waals surface area contributed by atoms with Gasteiger partial charge in [0.25, 0.3) is 0 Å². The molecule has 0 aliphatic rings. The number of hydrogen-bond donors (Lipinski definition) is 0. The second-order valence-corrected chi connectivity index (χ2v) is 13.8. The van der Waals surface area contributed by atoms with Crippen molar-refractivity contribution in [3.8, 4) is 66.8 Å². The van der Waals surface area contributed by atoms with E-state index in [2.05, 4.69) is 241 Å². The predicted octanol–water partition coefficient (Wildman–Crippen LogP) is 15.2. The van der Waals surface area contributed by atoms with Crippen molar-refractivity contribution in [3.63, 3.8) is 0 Å². The van der Waals surface area contributed by atoms with Crippen LogP contribution < -0.4 is 4.90 Å². The molecule has 9 rings (SSSR count). The third-order valence-corrected chi connectivity index (χ3v) is 10.3. The number of benzene rings is 9. The van der Waals surface area contributed by atoms with E-state index < -0.39 is 0 Å². The SMILES string of the molecule is c1ccc(-c2ccc(-c3ccc(N(c4ccc(-c5ccccc5)cc4)c4ccc(-c5ccccc5)cc4)cc3-c3ccc(-c4ccccc4)cc3)cc2)cc1. The van der Waals surface area contributed by atoms with Crippen LogP contribution in [0.5, 0.6) is 0 Å². The van der Waals surface area contributed by atoms with Crippen LogP contribution in [0.2, 0.25) is 0 Å². The molecular weight excluding hydrogens is 663 g/mol. The van der Waals surface area contributed by atoms with Gasteiger partial charge in [-0.05, 0) is 103 Å². The Morgan fingerprint density at radius 1 is 0.182 bits per heavy atom. The van der Waals surface area contributed by atoms with Gasteiger partial charge in [-0.15, -0.1) is 0 Å². The van der Waals surface area contributed by atoms with Crippen molar-refractivity contribution in [2.45, 2.75) is 0 Å². The molecule has 9 aromatic rings. The van der Waals surface area contributed by atoms with Crippen molar-refractivity contribution in [2.24, 2.45) is 0 Å². The second kappa shape index (κ2) is 15.4. The number of hydrogen-bond acceptors (Lipinski definition) is 1. The van der Waals surface area contributed by atoms with Gasteiger partial charge in [0.2, 0.25) is 0 Å². The highest BCUT2D eigenvalue weighted by atomic mass is 15.1. The second-order valence-electron chi connectivity index (χ2n) is 13.8. The Bertz CT molecular complexity index is 2530.